The minimum absolute atomic E-state index is 0.123. The molecule has 23 heavy (non-hydrogen) atoms. The molecule has 0 radical (unpaired) electrons. The van der Waals surface area contributed by atoms with Gasteiger partial charge in [-0.25, -0.2) is 0 Å². The molecule has 2 aliphatic rings. The van der Waals surface area contributed by atoms with Gasteiger partial charge in [-0.05, 0) is 64.6 Å². The number of carbonyl (C=O) groups is 1. The zero-order chi connectivity index (χ0) is 16.8. The Morgan fingerprint density at radius 3 is 2.22 bits per heavy atom. The molecule has 0 spiro atoms. The molecule has 0 atom stereocenters. The molecule has 0 aliphatic carbocycles. The second-order valence-corrected chi connectivity index (χ2v) is 7.66. The highest BCUT2D eigenvalue weighted by molar-refractivity contribution is 6.62. The van der Waals surface area contributed by atoms with E-state index in [4.69, 9.17) is 9.31 Å². The molecule has 4 nitrogen and oxygen atoms in total. The maximum atomic E-state index is 12.7. The standard InChI is InChI=1S/C18H26BNO3/c1-13-8-9-14(19-22-17(2,3)18(4,5)23-19)12-15(13)16(21)20-10-6-7-11-20/h8-9,12H,6-7,10-11H2,1-5H3. The number of nitrogens with zero attached hydrogens (tertiary/aromatic N) is 1. The highest BCUT2D eigenvalue weighted by Crippen LogP contribution is 2.36. The van der Waals surface area contributed by atoms with Crippen molar-refractivity contribution in [3.63, 3.8) is 0 Å². The van der Waals surface area contributed by atoms with E-state index in [-0.39, 0.29) is 17.1 Å². The molecule has 0 unspecified atom stereocenters. The fourth-order valence-electron chi connectivity index (χ4n) is 3.09. The molecule has 3 rings (SSSR count). The Morgan fingerprint density at radius 1 is 1.09 bits per heavy atom. The lowest BCUT2D eigenvalue weighted by Crippen LogP contribution is -2.41. The molecule has 1 amide bonds. The molecule has 0 aromatic heterocycles. The first-order valence-corrected chi connectivity index (χ1v) is 8.47. The Morgan fingerprint density at radius 2 is 1.65 bits per heavy atom. The van der Waals surface area contributed by atoms with Crippen molar-refractivity contribution in [2.45, 2.75) is 58.7 Å². The maximum Gasteiger partial charge on any atom is 0.494 e. The van der Waals surface area contributed by atoms with Gasteiger partial charge >= 0.3 is 7.12 Å². The third kappa shape index (κ3) is 2.92. The van der Waals surface area contributed by atoms with E-state index in [1.807, 2.05) is 57.7 Å². The summed E-state index contributed by atoms with van der Waals surface area (Å²) in [6, 6.07) is 5.93. The zero-order valence-electron chi connectivity index (χ0n) is 14.8. The van der Waals surface area contributed by atoms with Crippen molar-refractivity contribution in [2.24, 2.45) is 0 Å². The largest absolute Gasteiger partial charge is 0.494 e. The van der Waals surface area contributed by atoms with E-state index < -0.39 is 7.12 Å². The fourth-order valence-corrected chi connectivity index (χ4v) is 3.09. The van der Waals surface area contributed by atoms with Crippen LogP contribution in [0.25, 0.3) is 0 Å². The third-order valence-corrected chi connectivity index (χ3v) is 5.41. The van der Waals surface area contributed by atoms with Crippen LogP contribution in [-0.2, 0) is 9.31 Å². The summed E-state index contributed by atoms with van der Waals surface area (Å²) in [7, 11) is -0.425. The van der Waals surface area contributed by atoms with E-state index in [1.165, 1.54) is 0 Å². The average molecular weight is 315 g/mol. The summed E-state index contributed by atoms with van der Waals surface area (Å²) in [5, 5.41) is 0. The lowest BCUT2D eigenvalue weighted by atomic mass is 9.77. The molecule has 0 bridgehead atoms. The second kappa shape index (κ2) is 5.64. The maximum absolute atomic E-state index is 12.7. The molecular weight excluding hydrogens is 289 g/mol. The summed E-state index contributed by atoms with van der Waals surface area (Å²) in [6.07, 6.45) is 2.20. The monoisotopic (exact) mass is 315 g/mol. The van der Waals surface area contributed by atoms with Gasteiger partial charge in [0.05, 0.1) is 11.2 Å². The number of amides is 1. The number of hydrogen-bond donors (Lipinski definition) is 0. The van der Waals surface area contributed by atoms with Crippen LogP contribution < -0.4 is 5.46 Å². The Hall–Kier alpha value is -1.33. The molecule has 0 saturated carbocycles. The summed E-state index contributed by atoms with van der Waals surface area (Å²) in [5.74, 6) is 0.123. The molecule has 1 aromatic rings. The van der Waals surface area contributed by atoms with E-state index in [0.717, 1.165) is 42.5 Å². The van der Waals surface area contributed by atoms with Crippen LogP contribution >= 0.6 is 0 Å². The van der Waals surface area contributed by atoms with Crippen LogP contribution in [0, 0.1) is 6.92 Å². The second-order valence-electron chi connectivity index (χ2n) is 7.66. The van der Waals surface area contributed by atoms with E-state index >= 15 is 0 Å². The van der Waals surface area contributed by atoms with Crippen LogP contribution in [0.1, 0.15) is 56.5 Å². The van der Waals surface area contributed by atoms with Crippen molar-refractivity contribution in [3.8, 4) is 0 Å². The van der Waals surface area contributed by atoms with Crippen LogP contribution in [0.3, 0.4) is 0 Å². The van der Waals surface area contributed by atoms with Gasteiger partial charge in [-0.2, -0.15) is 0 Å². The molecule has 2 aliphatic heterocycles. The first kappa shape index (κ1) is 16.5. The summed E-state index contributed by atoms with van der Waals surface area (Å²) in [6.45, 7) is 11.9. The van der Waals surface area contributed by atoms with Crippen LogP contribution in [0.4, 0.5) is 0 Å². The fraction of sp³-hybridized carbons (Fsp3) is 0.611. The normalized spacial score (nSPS) is 22.7. The van der Waals surface area contributed by atoms with Gasteiger partial charge in [0.15, 0.2) is 0 Å². The number of carbonyl (C=O) groups excluding carboxylic acids is 1. The van der Waals surface area contributed by atoms with Gasteiger partial charge in [0, 0.05) is 18.7 Å². The van der Waals surface area contributed by atoms with Crippen molar-refractivity contribution >= 4 is 18.5 Å². The minimum Gasteiger partial charge on any atom is -0.399 e. The SMILES string of the molecule is Cc1ccc(B2OC(C)(C)C(C)(C)O2)cc1C(=O)N1CCCC1. The Balaban J connectivity index is 1.88. The first-order chi connectivity index (χ1) is 10.7. The quantitative estimate of drug-likeness (QED) is 0.787. The van der Waals surface area contributed by atoms with E-state index in [2.05, 4.69) is 0 Å². The van der Waals surface area contributed by atoms with Crippen LogP contribution in [0.2, 0.25) is 0 Å². The summed E-state index contributed by atoms with van der Waals surface area (Å²) < 4.78 is 12.2. The molecule has 124 valence electrons. The van der Waals surface area contributed by atoms with Gasteiger partial charge < -0.3 is 14.2 Å². The zero-order valence-corrected chi connectivity index (χ0v) is 14.8. The number of rotatable bonds is 2. The van der Waals surface area contributed by atoms with Gasteiger partial charge in [-0.1, -0.05) is 12.1 Å². The average Bonchev–Trinajstić information content (AvgIpc) is 3.06. The van der Waals surface area contributed by atoms with Crippen LogP contribution in [0.15, 0.2) is 18.2 Å². The predicted octanol–water partition coefficient (Wildman–Crippen LogP) is 2.53. The molecule has 2 saturated heterocycles. The first-order valence-electron chi connectivity index (χ1n) is 8.47. The van der Waals surface area contributed by atoms with Crippen molar-refractivity contribution in [1.29, 1.82) is 0 Å². The van der Waals surface area contributed by atoms with Gasteiger partial charge in [-0.15, -0.1) is 0 Å². The van der Waals surface area contributed by atoms with E-state index in [1.54, 1.807) is 0 Å². The smallest absolute Gasteiger partial charge is 0.399 e. The van der Waals surface area contributed by atoms with Gasteiger partial charge in [0.2, 0.25) is 0 Å². The topological polar surface area (TPSA) is 38.8 Å². The molecule has 1 aromatic carbocycles. The summed E-state index contributed by atoms with van der Waals surface area (Å²) >= 11 is 0. The summed E-state index contributed by atoms with van der Waals surface area (Å²) in [4.78, 5) is 14.7. The lowest BCUT2D eigenvalue weighted by molar-refractivity contribution is 0.00578. The highest BCUT2D eigenvalue weighted by Gasteiger charge is 2.51. The summed E-state index contributed by atoms with van der Waals surface area (Å²) in [5.41, 5.74) is 1.93. The highest BCUT2D eigenvalue weighted by atomic mass is 16.7. The Bertz CT molecular complexity index is 605. The number of likely N-dealkylation sites (tertiary alicyclic amines) is 1. The lowest BCUT2D eigenvalue weighted by Gasteiger charge is -2.32. The molecule has 5 heteroatoms. The predicted molar refractivity (Wildman–Crippen MR) is 92.0 cm³/mol. The van der Waals surface area contributed by atoms with Crippen molar-refractivity contribution in [1.82, 2.24) is 4.90 Å². The van der Waals surface area contributed by atoms with E-state index in [0.29, 0.717) is 0 Å². The molecule has 2 heterocycles. The number of benzene rings is 1. The Kier molecular flexibility index (Phi) is 4.05. The molecule has 2 fully saturated rings. The van der Waals surface area contributed by atoms with E-state index in [9.17, 15) is 4.79 Å². The van der Waals surface area contributed by atoms with Crippen LogP contribution in [-0.4, -0.2) is 42.2 Å². The van der Waals surface area contributed by atoms with Crippen molar-refractivity contribution in [3.05, 3.63) is 29.3 Å². The van der Waals surface area contributed by atoms with Crippen molar-refractivity contribution < 1.29 is 14.1 Å². The van der Waals surface area contributed by atoms with Crippen molar-refractivity contribution in [2.75, 3.05) is 13.1 Å². The minimum atomic E-state index is -0.425. The van der Waals surface area contributed by atoms with Crippen LogP contribution in [0.5, 0.6) is 0 Å². The third-order valence-electron chi connectivity index (χ3n) is 5.41. The van der Waals surface area contributed by atoms with Gasteiger partial charge in [-0.3, -0.25) is 4.79 Å². The number of aryl methyl sites for hydroxylation is 1. The Labute approximate surface area is 139 Å². The van der Waals surface area contributed by atoms with Gasteiger partial charge in [0.25, 0.3) is 5.91 Å². The number of hydrogen-bond acceptors (Lipinski definition) is 3. The molecule has 0 N–H and O–H groups in total. The van der Waals surface area contributed by atoms with Gasteiger partial charge in [0.1, 0.15) is 0 Å². The molecular formula is C18H26BNO3.